The third-order valence-electron chi connectivity index (χ3n) is 13.2. The van der Waals surface area contributed by atoms with Gasteiger partial charge in [-0.1, -0.05) is 0 Å². The molecule has 0 radical (unpaired) electrons. The van der Waals surface area contributed by atoms with Crippen LogP contribution in [-0.2, 0) is 36.6 Å². The Morgan fingerprint density at radius 3 is 1.19 bits per heavy atom. The molecular weight excluding hydrogens is 896 g/mol. The molecule has 2 aliphatic carbocycles. The summed E-state index contributed by atoms with van der Waals surface area (Å²) in [6, 6.07) is 6.68. The van der Waals surface area contributed by atoms with Crippen molar-refractivity contribution in [2.45, 2.75) is 60.0 Å². The van der Waals surface area contributed by atoms with Crippen molar-refractivity contribution >= 4 is 23.5 Å². The number of carbonyl (C=O) groups is 4. The van der Waals surface area contributed by atoms with E-state index in [1.54, 1.807) is 0 Å². The van der Waals surface area contributed by atoms with E-state index >= 15 is 0 Å². The minimum atomic E-state index is -3.51. The van der Waals surface area contributed by atoms with Gasteiger partial charge >= 0.3 is 11.9 Å². The summed E-state index contributed by atoms with van der Waals surface area (Å²) in [6.07, 6.45) is -7.27. The fourth-order valence-corrected chi connectivity index (χ4v) is 10.2. The quantitative estimate of drug-likeness (QED) is 0.0866. The highest BCUT2D eigenvalue weighted by atomic mass is 16.8. The number of rotatable bonds is 6. The van der Waals surface area contributed by atoms with Crippen molar-refractivity contribution in [3.63, 3.8) is 0 Å². The number of ketones is 2. The van der Waals surface area contributed by atoms with Crippen LogP contribution in [0.4, 0.5) is 0 Å². The van der Waals surface area contributed by atoms with E-state index in [1.807, 2.05) is 0 Å². The van der Waals surface area contributed by atoms with Crippen LogP contribution in [0.2, 0.25) is 0 Å². The number of hydrogen-bond donors (Lipinski definition) is 14. The summed E-state index contributed by atoms with van der Waals surface area (Å²) in [7, 11) is 0. The van der Waals surface area contributed by atoms with Crippen molar-refractivity contribution < 1.29 is 114 Å². The number of benzene rings is 4. The minimum Gasteiger partial charge on any atom is -0.508 e. The van der Waals surface area contributed by atoms with Gasteiger partial charge in [0.05, 0.1) is 23.0 Å². The zero-order valence-corrected chi connectivity index (χ0v) is 33.6. The summed E-state index contributed by atoms with van der Waals surface area (Å²) in [5.41, 5.74) is -9.43. The van der Waals surface area contributed by atoms with E-state index in [1.165, 1.54) is 0 Å². The number of hydrogen-bond acceptors (Lipinski definition) is 23. The molecule has 2 saturated heterocycles. The number of ether oxygens (including phenoxy) is 5. The molecule has 0 unspecified atom stereocenters. The van der Waals surface area contributed by atoms with Crippen LogP contribution in [0.1, 0.15) is 31.8 Å². The molecule has 2 bridgehead atoms. The molecule has 10 rings (SSSR count). The summed E-state index contributed by atoms with van der Waals surface area (Å²) in [4.78, 5) is 56.5. The Kier molecular flexibility index (Phi) is 8.84. The molecule has 2 fully saturated rings. The molecule has 23 nitrogen and oxygen atoms in total. The van der Waals surface area contributed by atoms with Crippen LogP contribution < -0.4 is 9.47 Å². The van der Waals surface area contributed by atoms with E-state index in [-0.39, 0.29) is 22.6 Å². The van der Waals surface area contributed by atoms with Crippen LogP contribution in [0.3, 0.4) is 0 Å². The first kappa shape index (κ1) is 43.0. The van der Waals surface area contributed by atoms with E-state index in [4.69, 9.17) is 23.7 Å². The van der Waals surface area contributed by atoms with Crippen molar-refractivity contribution in [1.29, 1.82) is 0 Å². The number of aliphatic hydroxyl groups is 4. The van der Waals surface area contributed by atoms with Crippen LogP contribution in [0.25, 0.3) is 0 Å². The molecule has 348 valence electrons. The van der Waals surface area contributed by atoms with Gasteiger partial charge in [0.25, 0.3) is 0 Å². The molecular formula is C44H34O23. The zero-order valence-electron chi connectivity index (χ0n) is 33.6. The Labute approximate surface area is 372 Å². The number of carbonyl (C=O) groups excluding carboxylic acids is 4. The summed E-state index contributed by atoms with van der Waals surface area (Å²) in [6.45, 7) is 0. The normalized spacial score (nSPS) is 31.9. The number of phenolic OH excluding ortho intramolecular Hbond substituents is 10. The molecule has 67 heavy (non-hydrogen) atoms. The molecule has 6 aliphatic rings. The molecule has 4 heterocycles. The summed E-state index contributed by atoms with van der Waals surface area (Å²) in [5, 5.41) is 153. The van der Waals surface area contributed by atoms with Gasteiger partial charge in [-0.15, -0.1) is 0 Å². The Morgan fingerprint density at radius 1 is 0.507 bits per heavy atom. The van der Waals surface area contributed by atoms with Gasteiger partial charge in [-0.05, 0) is 47.6 Å². The van der Waals surface area contributed by atoms with Crippen molar-refractivity contribution in [2.75, 3.05) is 0 Å². The largest absolute Gasteiger partial charge is 0.508 e. The van der Waals surface area contributed by atoms with E-state index in [0.717, 1.165) is 24.3 Å². The standard InChI is InChI=1S/C44H34O23/c45-15-5-21(47)17-9-29(65-39(57)13-1-23(49)33(55)24(50)2-13)35(63-27(17)7-15)19-11-31(53)42(60)38-20(12-32(54)41(59)37(19)43(42,61)67-44(38,41)62)36-30(10-18-22(48)6-16(46)8-28(18)64-36)66-40(58)14-3-25(51)34(56)26(52)4-14/h1-8,11-12,29-30,35-38,45-52,55-56,59-62H,9-10H2/t29-,30-,35-,36-,37-,38-,41+,42+,43+,44+/m1/s1. The third kappa shape index (κ3) is 5.62. The average molecular weight is 931 g/mol. The van der Waals surface area contributed by atoms with Gasteiger partial charge < -0.3 is 95.2 Å². The molecule has 0 spiro atoms. The SMILES string of the molecule is O=C(O[C@@H]1Cc2c(O)cc(O)cc2O[C@@H]1C1=CC(=O)[C@]2(O)[C@H]3C([C@H]4Oc5cc(O)cc(O)c5C[C@H]4OC(=O)c4cc(O)c(O)c(O)c4)=CC(=O)[C@]4(O)[C@@H]1[C@]2(O)O[C@@]34O)c1cc(O)c(O)c(O)c1. The maximum absolute atomic E-state index is 14.7. The first-order chi connectivity index (χ1) is 31.4. The van der Waals surface area contributed by atoms with Gasteiger partial charge in [-0.2, -0.15) is 0 Å². The van der Waals surface area contributed by atoms with Crippen LogP contribution >= 0.6 is 0 Å². The first-order valence-electron chi connectivity index (χ1n) is 19.9. The van der Waals surface area contributed by atoms with Gasteiger partial charge in [0.1, 0.15) is 46.7 Å². The second-order valence-electron chi connectivity index (χ2n) is 16.9. The molecule has 10 atom stereocenters. The lowest BCUT2D eigenvalue weighted by Crippen LogP contribution is -2.80. The smallest absolute Gasteiger partial charge is 0.338 e. The molecule has 23 heteroatoms. The van der Waals surface area contributed by atoms with Crippen molar-refractivity contribution in [2.24, 2.45) is 11.8 Å². The lowest BCUT2D eigenvalue weighted by atomic mass is 9.48. The topological polar surface area (TPSA) is 398 Å². The van der Waals surface area contributed by atoms with Crippen LogP contribution in [-0.4, -0.2) is 142 Å². The number of esters is 2. The predicted molar refractivity (Wildman–Crippen MR) is 211 cm³/mol. The predicted octanol–water partition coefficient (Wildman–Crippen LogP) is -0.365. The van der Waals surface area contributed by atoms with Gasteiger partial charge in [-0.25, -0.2) is 9.59 Å². The highest BCUT2D eigenvalue weighted by Crippen LogP contribution is 2.72. The highest BCUT2D eigenvalue weighted by Gasteiger charge is 2.94. The van der Waals surface area contributed by atoms with Crippen LogP contribution in [0.15, 0.2) is 71.8 Å². The summed E-state index contributed by atoms with van der Waals surface area (Å²) in [5.74, 6) is -26.2. The minimum absolute atomic E-state index is 0.103. The second kappa shape index (κ2) is 13.8. The van der Waals surface area contributed by atoms with E-state index in [0.29, 0.717) is 36.4 Å². The highest BCUT2D eigenvalue weighted by molar-refractivity contribution is 6.08. The monoisotopic (exact) mass is 930 g/mol. The molecule has 4 aromatic carbocycles. The third-order valence-corrected chi connectivity index (χ3v) is 13.2. The Balaban J connectivity index is 1.08. The van der Waals surface area contributed by atoms with Gasteiger partial charge in [0.15, 0.2) is 69.5 Å². The van der Waals surface area contributed by atoms with Crippen molar-refractivity contribution in [3.05, 3.63) is 94.1 Å². The maximum atomic E-state index is 14.7. The van der Waals surface area contributed by atoms with Crippen molar-refractivity contribution in [3.8, 4) is 69.0 Å². The lowest BCUT2D eigenvalue weighted by molar-refractivity contribution is -0.287. The molecule has 0 saturated carbocycles. The summed E-state index contributed by atoms with van der Waals surface area (Å²) < 4.78 is 29.2. The molecule has 14 N–H and O–H groups in total. The second-order valence-corrected chi connectivity index (χ2v) is 16.9. The zero-order chi connectivity index (χ0) is 48.2. The molecule has 0 aromatic heterocycles. The Hall–Kier alpha value is -7.96. The van der Waals surface area contributed by atoms with E-state index in [9.17, 15) is 90.7 Å². The molecule has 4 aliphatic heterocycles. The van der Waals surface area contributed by atoms with Gasteiger partial charge in [0, 0.05) is 48.2 Å². The van der Waals surface area contributed by atoms with E-state index < -0.39 is 175 Å². The Morgan fingerprint density at radius 2 is 0.851 bits per heavy atom. The first-order valence-corrected chi connectivity index (χ1v) is 19.9. The number of aromatic hydroxyl groups is 10. The fraction of sp³-hybridized carbons (Fsp3) is 0.273. The van der Waals surface area contributed by atoms with Gasteiger partial charge in [-0.3, -0.25) is 9.59 Å². The van der Waals surface area contributed by atoms with E-state index in [2.05, 4.69) is 0 Å². The van der Waals surface area contributed by atoms with Gasteiger partial charge in [0.2, 0.25) is 11.6 Å². The lowest BCUT2D eigenvalue weighted by Gasteiger charge is -2.57. The fourth-order valence-electron chi connectivity index (χ4n) is 10.2. The number of fused-ring (bicyclic) bond motifs is 4. The summed E-state index contributed by atoms with van der Waals surface area (Å²) >= 11 is 0. The van der Waals surface area contributed by atoms with Crippen molar-refractivity contribution in [1.82, 2.24) is 0 Å². The maximum Gasteiger partial charge on any atom is 0.338 e. The van der Waals surface area contributed by atoms with Crippen LogP contribution in [0.5, 0.6) is 69.0 Å². The Bertz CT molecular complexity index is 2770. The molecule has 0 amide bonds. The molecule has 4 aromatic rings. The number of phenols is 10. The van der Waals surface area contributed by atoms with Crippen LogP contribution in [0, 0.1) is 11.8 Å². The average Bonchev–Trinajstić information content (AvgIpc) is 3.59.